The van der Waals surface area contributed by atoms with Crippen molar-refractivity contribution in [3.05, 3.63) is 59.7 Å². The molecule has 0 aromatic heterocycles. The first-order chi connectivity index (χ1) is 16.8. The van der Waals surface area contributed by atoms with Crippen molar-refractivity contribution >= 4 is 18.0 Å². The van der Waals surface area contributed by atoms with E-state index < -0.39 is 29.6 Å². The molecule has 1 fully saturated rings. The summed E-state index contributed by atoms with van der Waals surface area (Å²) in [5.41, 5.74) is 3.25. The minimum atomic E-state index is -1.23. The third kappa shape index (κ3) is 4.75. The highest BCUT2D eigenvalue weighted by Crippen LogP contribution is 2.44. The van der Waals surface area contributed by atoms with E-state index in [9.17, 15) is 19.5 Å². The van der Waals surface area contributed by atoms with Crippen LogP contribution in [0, 0.1) is 5.92 Å². The van der Waals surface area contributed by atoms with Crippen LogP contribution in [0.3, 0.4) is 0 Å². The zero-order valence-corrected chi connectivity index (χ0v) is 20.3. The molecule has 3 atom stereocenters. The van der Waals surface area contributed by atoms with Gasteiger partial charge in [0, 0.05) is 25.6 Å². The predicted molar refractivity (Wildman–Crippen MR) is 130 cm³/mol. The lowest BCUT2D eigenvalue weighted by Crippen LogP contribution is -2.57. The Hall–Kier alpha value is -3.39. The molecular weight excluding hydrogens is 448 g/mol. The maximum Gasteiger partial charge on any atom is 0.408 e. The van der Waals surface area contributed by atoms with E-state index in [4.69, 9.17) is 9.47 Å². The number of carboxylic acid groups (broad SMARTS) is 1. The molecule has 3 unspecified atom stereocenters. The number of nitrogens with zero attached hydrogens (tertiary/aromatic N) is 1. The second kappa shape index (κ2) is 10.1. The number of nitrogens with one attached hydrogen (secondary N) is 1. The van der Waals surface area contributed by atoms with Crippen molar-refractivity contribution in [2.45, 2.75) is 44.8 Å². The van der Waals surface area contributed by atoms with Crippen molar-refractivity contribution < 1.29 is 29.0 Å². The van der Waals surface area contributed by atoms with Gasteiger partial charge in [-0.3, -0.25) is 9.59 Å². The summed E-state index contributed by atoms with van der Waals surface area (Å²) >= 11 is 0. The van der Waals surface area contributed by atoms with Crippen LogP contribution in [0.4, 0.5) is 4.79 Å². The number of carbonyl (C=O) groups excluding carboxylic acids is 2. The third-order valence-electron chi connectivity index (χ3n) is 7.15. The Morgan fingerprint density at radius 3 is 2.17 bits per heavy atom. The Kier molecular flexibility index (Phi) is 7.12. The van der Waals surface area contributed by atoms with Gasteiger partial charge in [-0.15, -0.1) is 0 Å². The number of ether oxygens (including phenoxy) is 2. The van der Waals surface area contributed by atoms with E-state index in [1.807, 2.05) is 36.4 Å². The van der Waals surface area contributed by atoms with Crippen LogP contribution in [0.5, 0.6) is 0 Å². The van der Waals surface area contributed by atoms with E-state index in [0.29, 0.717) is 13.0 Å². The largest absolute Gasteiger partial charge is 0.481 e. The second-order valence-corrected chi connectivity index (χ2v) is 9.28. The molecule has 2 aromatic carbocycles. The lowest BCUT2D eigenvalue weighted by Gasteiger charge is -2.32. The standard InChI is InChI=1S/C27H32N2O6/c1-4-27(3,25(32)29-14-21(24(30)31)23(15-29)34-5-2)28-26(33)35-16-22-19-12-8-6-10-17(19)18-11-7-9-13-20(18)22/h6-13,21-23H,4-5,14-16H2,1-3H3,(H,28,33)(H,30,31). The van der Waals surface area contributed by atoms with Gasteiger partial charge < -0.3 is 24.8 Å². The molecular formula is C27H32N2O6. The summed E-state index contributed by atoms with van der Waals surface area (Å²) in [4.78, 5) is 39.3. The van der Waals surface area contributed by atoms with Crippen molar-refractivity contribution in [2.75, 3.05) is 26.3 Å². The first-order valence-corrected chi connectivity index (χ1v) is 12.1. The van der Waals surface area contributed by atoms with Gasteiger partial charge in [0.15, 0.2) is 0 Å². The van der Waals surface area contributed by atoms with Crippen LogP contribution < -0.4 is 5.32 Å². The molecule has 4 rings (SSSR count). The summed E-state index contributed by atoms with van der Waals surface area (Å²) in [5.74, 6) is -2.23. The number of carboxylic acids is 1. The average molecular weight is 481 g/mol. The molecule has 0 spiro atoms. The van der Waals surface area contributed by atoms with Gasteiger partial charge in [0.05, 0.1) is 6.10 Å². The topological polar surface area (TPSA) is 105 Å². The number of alkyl carbamates (subject to hydrolysis) is 1. The van der Waals surface area contributed by atoms with Crippen molar-refractivity contribution in [2.24, 2.45) is 5.92 Å². The van der Waals surface area contributed by atoms with Crippen molar-refractivity contribution in [1.82, 2.24) is 10.2 Å². The summed E-state index contributed by atoms with van der Waals surface area (Å²) in [7, 11) is 0. The van der Waals surface area contributed by atoms with Gasteiger partial charge >= 0.3 is 12.1 Å². The van der Waals surface area contributed by atoms with E-state index in [2.05, 4.69) is 17.4 Å². The van der Waals surface area contributed by atoms with Gasteiger partial charge in [-0.1, -0.05) is 55.5 Å². The Labute approximate surface area is 205 Å². The molecule has 186 valence electrons. The number of benzene rings is 2. The SMILES string of the molecule is CCOC1CN(C(=O)C(C)(CC)NC(=O)OCC2c3ccccc3-c3ccccc32)CC1C(=O)O. The first-order valence-electron chi connectivity index (χ1n) is 12.1. The quantitative estimate of drug-likeness (QED) is 0.598. The number of likely N-dealkylation sites (tertiary alicyclic amines) is 1. The van der Waals surface area contributed by atoms with Crippen molar-refractivity contribution in [3.63, 3.8) is 0 Å². The number of aliphatic carboxylic acids is 1. The van der Waals surface area contributed by atoms with E-state index in [-0.39, 0.29) is 31.5 Å². The number of amides is 2. The van der Waals surface area contributed by atoms with E-state index in [0.717, 1.165) is 22.3 Å². The Balaban J connectivity index is 1.42. The minimum absolute atomic E-state index is 0.0425. The molecule has 2 amide bonds. The van der Waals surface area contributed by atoms with Crippen LogP contribution >= 0.6 is 0 Å². The van der Waals surface area contributed by atoms with Crippen LogP contribution in [0.1, 0.15) is 44.2 Å². The van der Waals surface area contributed by atoms with Gasteiger partial charge in [-0.2, -0.15) is 0 Å². The van der Waals surface area contributed by atoms with E-state index in [1.54, 1.807) is 20.8 Å². The van der Waals surface area contributed by atoms with Gasteiger partial charge in [-0.05, 0) is 42.5 Å². The fourth-order valence-corrected chi connectivity index (χ4v) is 5.06. The molecule has 0 bridgehead atoms. The summed E-state index contributed by atoms with van der Waals surface area (Å²) in [5, 5.41) is 12.3. The Morgan fingerprint density at radius 1 is 1.03 bits per heavy atom. The Bertz CT molecular complexity index is 1070. The highest BCUT2D eigenvalue weighted by atomic mass is 16.5. The zero-order chi connectivity index (χ0) is 25.2. The second-order valence-electron chi connectivity index (χ2n) is 9.28. The van der Waals surface area contributed by atoms with Gasteiger partial charge in [0.1, 0.15) is 18.1 Å². The summed E-state index contributed by atoms with van der Waals surface area (Å²) in [6.45, 7) is 5.95. The minimum Gasteiger partial charge on any atom is -0.481 e. The molecule has 2 aromatic rings. The number of fused-ring (bicyclic) bond motifs is 3. The van der Waals surface area contributed by atoms with Gasteiger partial charge in [0.25, 0.3) is 0 Å². The fraction of sp³-hybridized carbons (Fsp3) is 0.444. The van der Waals surface area contributed by atoms with E-state index in [1.165, 1.54) is 4.90 Å². The lowest BCUT2D eigenvalue weighted by atomic mass is 9.97. The highest BCUT2D eigenvalue weighted by Gasteiger charge is 2.45. The predicted octanol–water partition coefficient (Wildman–Crippen LogP) is 3.64. The van der Waals surface area contributed by atoms with E-state index >= 15 is 0 Å². The summed E-state index contributed by atoms with van der Waals surface area (Å²) in [6, 6.07) is 16.2. The zero-order valence-electron chi connectivity index (χ0n) is 20.3. The molecule has 1 heterocycles. The molecule has 1 aliphatic carbocycles. The maximum atomic E-state index is 13.3. The van der Waals surface area contributed by atoms with Crippen LogP contribution in [0.25, 0.3) is 11.1 Å². The molecule has 8 heteroatoms. The molecule has 1 aliphatic heterocycles. The first kappa shape index (κ1) is 24.7. The van der Waals surface area contributed by atoms with Crippen molar-refractivity contribution in [1.29, 1.82) is 0 Å². The molecule has 2 N–H and O–H groups in total. The van der Waals surface area contributed by atoms with Crippen LogP contribution in [-0.2, 0) is 19.1 Å². The van der Waals surface area contributed by atoms with Gasteiger partial charge in [-0.25, -0.2) is 4.79 Å². The van der Waals surface area contributed by atoms with Crippen LogP contribution in [-0.4, -0.2) is 65.9 Å². The number of rotatable bonds is 8. The number of hydrogen-bond donors (Lipinski definition) is 2. The van der Waals surface area contributed by atoms with Crippen molar-refractivity contribution in [3.8, 4) is 11.1 Å². The summed E-state index contributed by atoms with van der Waals surface area (Å²) < 4.78 is 11.2. The monoisotopic (exact) mass is 480 g/mol. The van der Waals surface area contributed by atoms with Crippen LogP contribution in [0.2, 0.25) is 0 Å². The number of hydrogen-bond acceptors (Lipinski definition) is 5. The molecule has 35 heavy (non-hydrogen) atoms. The van der Waals surface area contributed by atoms with Gasteiger partial charge in [0.2, 0.25) is 5.91 Å². The highest BCUT2D eigenvalue weighted by molar-refractivity contribution is 5.90. The average Bonchev–Trinajstić information content (AvgIpc) is 3.42. The fourth-order valence-electron chi connectivity index (χ4n) is 5.06. The molecule has 0 radical (unpaired) electrons. The normalized spacial score (nSPS) is 20.6. The Morgan fingerprint density at radius 2 is 1.63 bits per heavy atom. The molecule has 0 saturated carbocycles. The number of carbonyl (C=O) groups is 3. The lowest BCUT2D eigenvalue weighted by molar-refractivity contribution is -0.145. The maximum absolute atomic E-state index is 13.3. The smallest absolute Gasteiger partial charge is 0.408 e. The summed E-state index contributed by atoms with van der Waals surface area (Å²) in [6.07, 6.45) is -0.930. The van der Waals surface area contributed by atoms with Crippen LogP contribution in [0.15, 0.2) is 48.5 Å². The molecule has 1 saturated heterocycles. The third-order valence-corrected chi connectivity index (χ3v) is 7.15. The molecule has 8 nitrogen and oxygen atoms in total. The molecule has 2 aliphatic rings.